The lowest BCUT2D eigenvalue weighted by atomic mass is 10.1. The molecule has 0 fully saturated rings. The van der Waals surface area contributed by atoms with Crippen LogP contribution in [0.25, 0.3) is 0 Å². The van der Waals surface area contributed by atoms with Crippen LogP contribution in [-0.2, 0) is 27.9 Å². The largest absolute Gasteiger partial charge is 0.472 e. The van der Waals surface area contributed by atoms with Gasteiger partial charge in [-0.2, -0.15) is 0 Å². The van der Waals surface area contributed by atoms with Gasteiger partial charge in [0.05, 0.1) is 33.8 Å². The molecule has 0 bridgehead atoms. The second kappa shape index (κ2) is 48.6. The Kier molecular flexibility index (Phi) is 47.1. The number of hydrogen-bond donors (Lipinski definition) is 2. The maximum Gasteiger partial charge on any atom is 0.472 e. The standard InChI is InChI=1S/C58H109N2O7P/c1-7-10-13-16-19-22-25-28-29-30-31-33-36-39-42-45-48-51-58(62)67-56(49-46-43-40-37-34-27-24-21-18-15-12-9-3)55(54-66-68(63,64)65-53-52-60(4,5)6)59-57(61)50-47-44-41-38-35-32-26-23-20-17-14-11-8-2/h28-29,32,35,41,44,46,49,55-56H,7-27,30-31,33-34,36-40,42-43,45,47-48,50-54H2,1-6H3,(H-,59,61,63,64)/p+1/b29-28+,35-32-,44-41+,49-46+. The predicted octanol–water partition coefficient (Wildman–Crippen LogP) is 16.9. The first-order valence-corrected chi connectivity index (χ1v) is 30.0. The molecule has 3 atom stereocenters. The van der Waals surface area contributed by atoms with Gasteiger partial charge in [0.15, 0.2) is 0 Å². The summed E-state index contributed by atoms with van der Waals surface area (Å²) in [6.07, 6.45) is 58.3. The van der Waals surface area contributed by atoms with Gasteiger partial charge in [0.1, 0.15) is 19.3 Å². The van der Waals surface area contributed by atoms with Crippen molar-refractivity contribution in [3.63, 3.8) is 0 Å². The number of hydrogen-bond acceptors (Lipinski definition) is 6. The Balaban J connectivity index is 5.41. The van der Waals surface area contributed by atoms with Crippen molar-refractivity contribution >= 4 is 19.7 Å². The Hall–Kier alpha value is -2.03. The van der Waals surface area contributed by atoms with E-state index in [1.807, 2.05) is 39.4 Å². The molecule has 0 aliphatic heterocycles. The van der Waals surface area contributed by atoms with Crippen LogP contribution >= 0.6 is 7.82 Å². The fourth-order valence-electron chi connectivity index (χ4n) is 8.04. The van der Waals surface area contributed by atoms with E-state index in [9.17, 15) is 19.0 Å². The van der Waals surface area contributed by atoms with Crippen molar-refractivity contribution in [1.29, 1.82) is 0 Å². The summed E-state index contributed by atoms with van der Waals surface area (Å²) >= 11 is 0. The number of amides is 1. The van der Waals surface area contributed by atoms with Crippen molar-refractivity contribution in [3.05, 3.63) is 48.6 Å². The summed E-state index contributed by atoms with van der Waals surface area (Å²) in [4.78, 5) is 37.5. The van der Waals surface area contributed by atoms with Crippen LogP contribution in [-0.4, -0.2) is 74.3 Å². The minimum atomic E-state index is -4.45. The van der Waals surface area contributed by atoms with Crippen LogP contribution in [0.3, 0.4) is 0 Å². The molecule has 0 aliphatic rings. The Labute approximate surface area is 420 Å². The summed E-state index contributed by atoms with van der Waals surface area (Å²) in [6, 6.07) is -0.878. The molecule has 0 aromatic heterocycles. The van der Waals surface area contributed by atoms with Crippen molar-refractivity contribution in [2.75, 3.05) is 40.9 Å². The van der Waals surface area contributed by atoms with Crippen LogP contribution in [0, 0.1) is 0 Å². The highest BCUT2D eigenvalue weighted by atomic mass is 31.2. The van der Waals surface area contributed by atoms with E-state index in [0.29, 0.717) is 17.4 Å². The second-order valence-corrected chi connectivity index (χ2v) is 21.9. The van der Waals surface area contributed by atoms with Crippen LogP contribution < -0.4 is 5.32 Å². The molecule has 3 unspecified atom stereocenters. The Bertz CT molecular complexity index is 1310. The van der Waals surface area contributed by atoms with Crippen LogP contribution in [0.15, 0.2) is 48.6 Å². The average molecular weight is 978 g/mol. The van der Waals surface area contributed by atoms with Gasteiger partial charge >= 0.3 is 13.8 Å². The fourth-order valence-corrected chi connectivity index (χ4v) is 8.78. The Morgan fingerprint density at radius 3 is 1.37 bits per heavy atom. The zero-order valence-electron chi connectivity index (χ0n) is 45.3. The first kappa shape index (κ1) is 66.0. The molecule has 0 saturated carbocycles. The number of carbonyl (C=O) groups excluding carboxylic acids is 2. The molecule has 0 rings (SSSR count). The average Bonchev–Trinajstić information content (AvgIpc) is 3.29. The van der Waals surface area contributed by atoms with E-state index in [0.717, 1.165) is 64.2 Å². The Morgan fingerprint density at radius 1 is 0.515 bits per heavy atom. The number of esters is 1. The molecule has 398 valence electrons. The zero-order chi connectivity index (χ0) is 50.1. The minimum Gasteiger partial charge on any atom is -0.456 e. The lowest BCUT2D eigenvalue weighted by molar-refractivity contribution is -0.870. The molecule has 1 amide bonds. The van der Waals surface area contributed by atoms with Gasteiger partial charge in [-0.1, -0.05) is 217 Å². The molecule has 0 saturated heterocycles. The molecule has 0 aromatic carbocycles. The minimum absolute atomic E-state index is 0.0305. The number of nitrogens with zero attached hydrogens (tertiary/aromatic N) is 1. The summed E-state index contributed by atoms with van der Waals surface area (Å²) < 4.78 is 30.5. The van der Waals surface area contributed by atoms with E-state index < -0.39 is 20.0 Å². The third-order valence-electron chi connectivity index (χ3n) is 12.5. The topological polar surface area (TPSA) is 111 Å². The van der Waals surface area contributed by atoms with Crippen LogP contribution in [0.2, 0.25) is 0 Å². The second-order valence-electron chi connectivity index (χ2n) is 20.5. The SMILES string of the molecule is CCCCCCCC/C=C\C/C=C/CCC(=O)NC(COP(=O)(O)OCC[N+](C)(C)C)C(/C=C/CCCCCCCCCCCC)OC(=O)CCCCCCCCC/C=C/CCCCCCCC. The van der Waals surface area contributed by atoms with E-state index in [-0.39, 0.29) is 37.9 Å². The summed E-state index contributed by atoms with van der Waals surface area (Å²) in [5.74, 6) is -0.585. The number of likely N-dealkylation sites (N-methyl/N-ethyl adjacent to an activating group) is 1. The lowest BCUT2D eigenvalue weighted by Gasteiger charge is -2.27. The van der Waals surface area contributed by atoms with Gasteiger partial charge in [-0.3, -0.25) is 18.6 Å². The highest BCUT2D eigenvalue weighted by Crippen LogP contribution is 2.43. The number of quaternary nitrogens is 1. The monoisotopic (exact) mass is 978 g/mol. The Morgan fingerprint density at radius 2 is 0.912 bits per heavy atom. The molecule has 9 nitrogen and oxygen atoms in total. The molecule has 0 heterocycles. The molecule has 0 aromatic rings. The number of unbranched alkanes of at least 4 members (excludes halogenated alkanes) is 29. The van der Waals surface area contributed by atoms with Crippen LogP contribution in [0.5, 0.6) is 0 Å². The fraction of sp³-hybridized carbons (Fsp3) is 0.828. The number of rotatable bonds is 51. The molecule has 2 N–H and O–H groups in total. The number of phosphoric acid groups is 1. The van der Waals surface area contributed by atoms with E-state index >= 15 is 0 Å². The van der Waals surface area contributed by atoms with Crippen molar-refractivity contribution in [2.24, 2.45) is 0 Å². The van der Waals surface area contributed by atoms with Gasteiger partial charge < -0.3 is 19.4 Å². The highest BCUT2D eigenvalue weighted by Gasteiger charge is 2.30. The number of carbonyl (C=O) groups is 2. The molecule has 0 aliphatic carbocycles. The van der Waals surface area contributed by atoms with Gasteiger partial charge in [-0.05, 0) is 76.7 Å². The maximum absolute atomic E-state index is 13.4. The van der Waals surface area contributed by atoms with Gasteiger partial charge in [0.25, 0.3) is 0 Å². The summed E-state index contributed by atoms with van der Waals surface area (Å²) in [5.41, 5.74) is 0. The van der Waals surface area contributed by atoms with Gasteiger partial charge in [-0.15, -0.1) is 0 Å². The highest BCUT2D eigenvalue weighted by molar-refractivity contribution is 7.47. The molecular weight excluding hydrogens is 868 g/mol. The van der Waals surface area contributed by atoms with Gasteiger partial charge in [0, 0.05) is 12.8 Å². The van der Waals surface area contributed by atoms with Crippen LogP contribution in [0.4, 0.5) is 0 Å². The summed E-state index contributed by atoms with van der Waals surface area (Å²) in [5, 5.41) is 3.00. The summed E-state index contributed by atoms with van der Waals surface area (Å²) in [6.45, 7) is 6.95. The van der Waals surface area contributed by atoms with E-state index in [1.165, 1.54) is 154 Å². The molecule has 68 heavy (non-hydrogen) atoms. The third kappa shape index (κ3) is 49.0. The van der Waals surface area contributed by atoms with E-state index in [4.69, 9.17) is 13.8 Å². The normalized spacial score (nSPS) is 14.2. The van der Waals surface area contributed by atoms with Crippen molar-refractivity contribution in [1.82, 2.24) is 5.32 Å². The summed E-state index contributed by atoms with van der Waals surface area (Å²) in [7, 11) is 1.46. The van der Waals surface area contributed by atoms with E-state index in [2.05, 4.69) is 56.5 Å². The lowest BCUT2D eigenvalue weighted by Crippen LogP contribution is -2.47. The van der Waals surface area contributed by atoms with Crippen molar-refractivity contribution in [2.45, 2.75) is 270 Å². The number of allylic oxidation sites excluding steroid dienone is 7. The maximum atomic E-state index is 13.4. The number of nitrogens with one attached hydrogen (secondary N) is 1. The van der Waals surface area contributed by atoms with Crippen molar-refractivity contribution in [3.8, 4) is 0 Å². The number of phosphoric ester groups is 1. The van der Waals surface area contributed by atoms with Gasteiger partial charge in [0.2, 0.25) is 5.91 Å². The van der Waals surface area contributed by atoms with Gasteiger partial charge in [-0.25, -0.2) is 4.57 Å². The quantitative estimate of drug-likeness (QED) is 0.0205. The molecule has 0 spiro atoms. The molecule has 10 heteroatoms. The zero-order valence-corrected chi connectivity index (χ0v) is 46.2. The molecular formula is C58H110N2O7P+. The first-order valence-electron chi connectivity index (χ1n) is 28.5. The molecule has 0 radical (unpaired) electrons. The third-order valence-corrected chi connectivity index (χ3v) is 13.5. The van der Waals surface area contributed by atoms with E-state index in [1.54, 1.807) is 0 Å². The first-order chi connectivity index (χ1) is 32.9. The smallest absolute Gasteiger partial charge is 0.456 e. The van der Waals surface area contributed by atoms with Crippen molar-refractivity contribution < 1.29 is 37.3 Å². The van der Waals surface area contributed by atoms with Crippen LogP contribution in [0.1, 0.15) is 258 Å². The number of ether oxygens (including phenoxy) is 1. The predicted molar refractivity (Wildman–Crippen MR) is 291 cm³/mol.